The number of nitrogens with one attached hydrogen (secondary N) is 1. The minimum Gasteiger partial charge on any atom is -0.481 e. The highest BCUT2D eigenvalue weighted by Gasteiger charge is 2.23. The van der Waals surface area contributed by atoms with Crippen LogP contribution >= 0.6 is 11.8 Å². The Balaban J connectivity index is 2.39. The first kappa shape index (κ1) is 12.0. The molecule has 90 valence electrons. The number of hydrogen-bond donors (Lipinski definition) is 2. The van der Waals surface area contributed by atoms with Crippen molar-refractivity contribution in [1.29, 1.82) is 0 Å². The summed E-state index contributed by atoms with van der Waals surface area (Å²) in [5, 5.41) is 11.5. The van der Waals surface area contributed by atoms with E-state index in [-0.39, 0.29) is 17.6 Å². The van der Waals surface area contributed by atoms with E-state index >= 15 is 0 Å². The lowest BCUT2D eigenvalue weighted by Gasteiger charge is -2.22. The van der Waals surface area contributed by atoms with Crippen molar-refractivity contribution in [2.75, 3.05) is 5.32 Å². The fraction of sp³-hybridized carbons (Fsp3) is 0.333. The molecule has 4 nitrogen and oxygen atoms in total. The zero-order valence-electron chi connectivity index (χ0n) is 9.61. The highest BCUT2D eigenvalue weighted by Crippen LogP contribution is 2.37. The van der Waals surface area contributed by atoms with Gasteiger partial charge in [0.05, 0.1) is 17.4 Å². The van der Waals surface area contributed by atoms with Crippen molar-refractivity contribution < 1.29 is 14.7 Å². The van der Waals surface area contributed by atoms with Gasteiger partial charge in [0.15, 0.2) is 0 Å². The number of carboxylic acids is 1. The zero-order valence-corrected chi connectivity index (χ0v) is 10.4. The second-order valence-electron chi connectivity index (χ2n) is 4.09. The normalized spacial score (nSPS) is 18.5. The molecule has 1 aromatic carbocycles. The fourth-order valence-corrected chi connectivity index (χ4v) is 2.78. The summed E-state index contributed by atoms with van der Waals surface area (Å²) < 4.78 is 0. The quantitative estimate of drug-likeness (QED) is 0.844. The number of aryl methyl sites for hydroxylation is 1. The van der Waals surface area contributed by atoms with Crippen LogP contribution < -0.4 is 5.32 Å². The second-order valence-corrected chi connectivity index (χ2v) is 5.48. The van der Waals surface area contributed by atoms with Crippen LogP contribution in [0.1, 0.15) is 18.1 Å². The Morgan fingerprint density at radius 3 is 2.88 bits per heavy atom. The van der Waals surface area contributed by atoms with Crippen LogP contribution in [0.2, 0.25) is 0 Å². The number of hydrogen-bond acceptors (Lipinski definition) is 3. The minimum absolute atomic E-state index is 0.0186. The molecule has 0 radical (unpaired) electrons. The highest BCUT2D eigenvalue weighted by atomic mass is 32.2. The van der Waals surface area contributed by atoms with E-state index in [0.717, 1.165) is 21.7 Å². The summed E-state index contributed by atoms with van der Waals surface area (Å²) in [7, 11) is 0. The summed E-state index contributed by atoms with van der Waals surface area (Å²) in [5.41, 5.74) is 2.41. The molecule has 0 spiro atoms. The number of aliphatic carboxylic acids is 1. The molecular weight excluding hydrogens is 238 g/mol. The highest BCUT2D eigenvalue weighted by molar-refractivity contribution is 8.00. The number of carboxylic acid groups (broad SMARTS) is 1. The number of benzene rings is 1. The van der Waals surface area contributed by atoms with Crippen LogP contribution in [0.25, 0.3) is 0 Å². The molecule has 0 aromatic heterocycles. The van der Waals surface area contributed by atoms with Gasteiger partial charge in [0.25, 0.3) is 0 Å². The van der Waals surface area contributed by atoms with Crippen molar-refractivity contribution in [2.24, 2.45) is 0 Å². The number of rotatable bonds is 2. The van der Waals surface area contributed by atoms with Crippen LogP contribution in [0.5, 0.6) is 0 Å². The summed E-state index contributed by atoms with van der Waals surface area (Å²) >= 11 is 1.50. The Morgan fingerprint density at radius 1 is 1.53 bits per heavy atom. The van der Waals surface area contributed by atoms with Gasteiger partial charge in [0.2, 0.25) is 5.91 Å². The number of fused-ring (bicyclic) bond motifs is 1. The standard InChI is InChI=1S/C12H13NO3S/c1-6-3-10-9(4-8(6)5-11(14)15)13-12(16)7(2)17-10/h3-4,7H,5H2,1-2H3,(H,13,16)(H,14,15). The lowest BCUT2D eigenvalue weighted by molar-refractivity contribution is -0.136. The summed E-state index contributed by atoms with van der Waals surface area (Å²) in [6.45, 7) is 3.74. The lowest BCUT2D eigenvalue weighted by Crippen LogP contribution is -2.26. The van der Waals surface area contributed by atoms with Gasteiger partial charge < -0.3 is 10.4 Å². The zero-order chi connectivity index (χ0) is 12.6. The van der Waals surface area contributed by atoms with Crippen LogP contribution in [0.3, 0.4) is 0 Å². The number of thioether (sulfide) groups is 1. The van der Waals surface area contributed by atoms with Crippen molar-refractivity contribution in [3.05, 3.63) is 23.3 Å². The maximum absolute atomic E-state index is 11.5. The van der Waals surface area contributed by atoms with Crippen molar-refractivity contribution in [3.63, 3.8) is 0 Å². The Morgan fingerprint density at radius 2 is 2.24 bits per heavy atom. The van der Waals surface area contributed by atoms with E-state index in [1.54, 1.807) is 6.07 Å². The molecule has 1 unspecified atom stereocenters. The van der Waals surface area contributed by atoms with Crippen LogP contribution in [0, 0.1) is 6.92 Å². The maximum atomic E-state index is 11.5. The van der Waals surface area contributed by atoms with E-state index < -0.39 is 5.97 Å². The SMILES string of the molecule is Cc1cc2c(cc1CC(=O)O)NC(=O)C(C)S2. The second kappa shape index (κ2) is 4.41. The maximum Gasteiger partial charge on any atom is 0.307 e. The van der Waals surface area contributed by atoms with Crippen molar-refractivity contribution in [3.8, 4) is 0 Å². The van der Waals surface area contributed by atoms with Crippen LogP contribution in [-0.4, -0.2) is 22.2 Å². The Bertz CT molecular complexity index is 499. The van der Waals surface area contributed by atoms with Gasteiger partial charge in [-0.05, 0) is 37.1 Å². The van der Waals surface area contributed by atoms with Crippen LogP contribution in [0.4, 0.5) is 5.69 Å². The van der Waals surface area contributed by atoms with E-state index in [1.165, 1.54) is 11.8 Å². The molecule has 0 fully saturated rings. The van der Waals surface area contributed by atoms with Crippen molar-refractivity contribution >= 4 is 29.3 Å². The molecular formula is C12H13NO3S. The smallest absolute Gasteiger partial charge is 0.307 e. The molecule has 2 N–H and O–H groups in total. The first-order valence-electron chi connectivity index (χ1n) is 5.30. The summed E-state index contributed by atoms with van der Waals surface area (Å²) in [4.78, 5) is 23.2. The molecule has 1 aromatic rings. The molecule has 1 heterocycles. The van der Waals surface area contributed by atoms with Gasteiger partial charge in [-0.3, -0.25) is 9.59 Å². The van der Waals surface area contributed by atoms with E-state index in [9.17, 15) is 9.59 Å². The van der Waals surface area contributed by atoms with E-state index in [1.807, 2.05) is 19.9 Å². The predicted molar refractivity (Wildman–Crippen MR) is 66.5 cm³/mol. The van der Waals surface area contributed by atoms with Crippen molar-refractivity contribution in [2.45, 2.75) is 30.4 Å². The van der Waals surface area contributed by atoms with Crippen LogP contribution in [-0.2, 0) is 16.0 Å². The number of carbonyl (C=O) groups is 2. The molecule has 5 heteroatoms. The average Bonchev–Trinajstić information content (AvgIpc) is 2.22. The average molecular weight is 251 g/mol. The molecule has 0 aliphatic carbocycles. The minimum atomic E-state index is -0.865. The van der Waals surface area contributed by atoms with E-state index in [0.29, 0.717) is 0 Å². The number of amides is 1. The van der Waals surface area contributed by atoms with E-state index in [2.05, 4.69) is 5.32 Å². The van der Waals surface area contributed by atoms with Gasteiger partial charge in [-0.15, -0.1) is 11.8 Å². The van der Waals surface area contributed by atoms with Gasteiger partial charge in [0.1, 0.15) is 0 Å². The largest absolute Gasteiger partial charge is 0.481 e. The molecule has 2 rings (SSSR count). The summed E-state index contributed by atoms with van der Waals surface area (Å²) in [5.74, 6) is -0.899. The van der Waals surface area contributed by atoms with Gasteiger partial charge in [0, 0.05) is 4.90 Å². The Hall–Kier alpha value is -1.49. The molecule has 0 saturated carbocycles. The third-order valence-corrected chi connectivity index (χ3v) is 3.87. The van der Waals surface area contributed by atoms with Gasteiger partial charge in [-0.1, -0.05) is 0 Å². The first-order valence-corrected chi connectivity index (χ1v) is 6.18. The molecule has 17 heavy (non-hydrogen) atoms. The molecule has 0 bridgehead atoms. The van der Waals surface area contributed by atoms with Gasteiger partial charge in [-0.25, -0.2) is 0 Å². The lowest BCUT2D eigenvalue weighted by atomic mass is 10.0. The topological polar surface area (TPSA) is 66.4 Å². The van der Waals surface area contributed by atoms with Gasteiger partial charge in [-0.2, -0.15) is 0 Å². The molecule has 1 aliphatic rings. The summed E-state index contributed by atoms with van der Waals surface area (Å²) in [6.07, 6.45) is -0.0186. The number of carbonyl (C=O) groups excluding carboxylic acids is 1. The first-order chi connectivity index (χ1) is 7.97. The third-order valence-electron chi connectivity index (χ3n) is 2.71. The Kier molecular flexibility index (Phi) is 3.11. The molecule has 1 atom stereocenters. The predicted octanol–water partition coefficient (Wildman–Crippen LogP) is 2.05. The monoisotopic (exact) mass is 251 g/mol. The van der Waals surface area contributed by atoms with Gasteiger partial charge >= 0.3 is 5.97 Å². The van der Waals surface area contributed by atoms with Crippen molar-refractivity contribution in [1.82, 2.24) is 0 Å². The number of anilines is 1. The summed E-state index contributed by atoms with van der Waals surface area (Å²) in [6, 6.07) is 3.70. The third kappa shape index (κ3) is 2.44. The molecule has 1 amide bonds. The Labute approximate surface area is 103 Å². The molecule has 0 saturated heterocycles. The van der Waals surface area contributed by atoms with Crippen LogP contribution in [0.15, 0.2) is 17.0 Å². The molecule has 1 aliphatic heterocycles. The fourth-order valence-electron chi connectivity index (χ4n) is 1.75. The van der Waals surface area contributed by atoms with E-state index in [4.69, 9.17) is 5.11 Å².